The van der Waals surface area contributed by atoms with Crippen LogP contribution in [0.25, 0.3) is 0 Å². The molecule has 4 nitrogen and oxygen atoms in total. The molecule has 1 aliphatic carbocycles. The second-order valence-electron chi connectivity index (χ2n) is 2.66. The van der Waals surface area contributed by atoms with Crippen LogP contribution in [0.5, 0.6) is 0 Å². The predicted molar refractivity (Wildman–Crippen MR) is 47.0 cm³/mol. The van der Waals surface area contributed by atoms with Crippen LogP contribution in [0.3, 0.4) is 0 Å². The zero-order valence-corrected chi connectivity index (χ0v) is 8.22. The van der Waals surface area contributed by atoms with Crippen molar-refractivity contribution in [2.24, 2.45) is 5.92 Å². The van der Waals surface area contributed by atoms with E-state index in [2.05, 4.69) is 23.9 Å². The Labute approximate surface area is 69.6 Å². The molecule has 1 saturated carbocycles. The molecule has 0 heterocycles. The summed E-state index contributed by atoms with van der Waals surface area (Å²) >= 11 is 0. The lowest BCUT2D eigenvalue weighted by molar-refractivity contribution is -0.140. The van der Waals surface area contributed by atoms with Crippen LogP contribution in [0.4, 0.5) is 0 Å². The van der Waals surface area contributed by atoms with Crippen molar-refractivity contribution in [3.63, 3.8) is 0 Å². The quantitative estimate of drug-likeness (QED) is 0.620. The van der Waals surface area contributed by atoms with Crippen LogP contribution in [0, 0.1) is 5.92 Å². The molecule has 0 amide bonds. The number of hydrogen-bond donors (Lipinski definition) is 2. The average molecular weight is 195 g/mol. The van der Waals surface area contributed by atoms with Gasteiger partial charge in [-0.05, 0) is 6.42 Å². The molecule has 6 heteroatoms. The van der Waals surface area contributed by atoms with Gasteiger partial charge in [0.05, 0.1) is 6.61 Å². The molecule has 4 atom stereocenters. The van der Waals surface area contributed by atoms with Crippen LogP contribution >= 0.6 is 18.9 Å². The van der Waals surface area contributed by atoms with Gasteiger partial charge < -0.3 is 9.63 Å². The summed E-state index contributed by atoms with van der Waals surface area (Å²) in [5, 5.41) is 11.5. The molecule has 11 heavy (non-hydrogen) atoms. The summed E-state index contributed by atoms with van der Waals surface area (Å²) < 4.78 is 4.78. The van der Waals surface area contributed by atoms with Crippen LogP contribution in [-0.2, 0) is 9.32 Å². The van der Waals surface area contributed by atoms with Gasteiger partial charge in [0, 0.05) is 15.4 Å². The summed E-state index contributed by atoms with van der Waals surface area (Å²) in [5.74, 6) is -0.713. The van der Waals surface area contributed by atoms with Crippen molar-refractivity contribution in [1.82, 2.24) is 5.09 Å². The molecule has 64 valence electrons. The Bertz CT molecular complexity index is 177. The molecule has 0 spiro atoms. The minimum absolute atomic E-state index is 0.0926. The fraction of sp³-hybridized carbons (Fsp3) is 0.800. The Balaban J connectivity index is 2.49. The molecule has 0 bridgehead atoms. The molecule has 0 radical (unpaired) electrons. The standard InChI is InChI=1S/C5H11NO3P2/c7-4(8)5(6-10)1-3(5)2-9-11/h3,6H,1-2,10-11H2,(H,7,8)/t3-,5+/m1/s1. The number of aliphatic carboxylic acids is 1. The first kappa shape index (κ1) is 9.34. The summed E-state index contributed by atoms with van der Waals surface area (Å²) in [5.41, 5.74) is -0.749. The van der Waals surface area contributed by atoms with E-state index in [1.54, 1.807) is 0 Å². The van der Waals surface area contributed by atoms with E-state index in [0.29, 0.717) is 13.0 Å². The van der Waals surface area contributed by atoms with Gasteiger partial charge in [-0.3, -0.25) is 9.88 Å². The Hall–Kier alpha value is 0.250. The van der Waals surface area contributed by atoms with E-state index in [-0.39, 0.29) is 5.92 Å². The number of carboxylic acid groups (broad SMARTS) is 1. The molecule has 0 aliphatic heterocycles. The molecule has 0 saturated heterocycles. The van der Waals surface area contributed by atoms with Crippen LogP contribution < -0.4 is 5.09 Å². The predicted octanol–water partition coefficient (Wildman–Crippen LogP) is 0.0161. The third kappa shape index (κ3) is 1.54. The summed E-state index contributed by atoms with van der Waals surface area (Å²) in [4.78, 5) is 10.7. The molecule has 2 N–H and O–H groups in total. The highest BCUT2D eigenvalue weighted by Gasteiger charge is 2.59. The average Bonchev–Trinajstić information content (AvgIpc) is 2.65. The second kappa shape index (κ2) is 3.32. The molecule has 1 aliphatic rings. The number of rotatable bonds is 4. The molecule has 0 aromatic heterocycles. The normalized spacial score (nSPS) is 35.3. The van der Waals surface area contributed by atoms with E-state index in [1.165, 1.54) is 0 Å². The molecule has 0 aromatic carbocycles. The third-order valence-electron chi connectivity index (χ3n) is 2.04. The van der Waals surface area contributed by atoms with Crippen LogP contribution in [0.15, 0.2) is 0 Å². The highest BCUT2D eigenvalue weighted by molar-refractivity contribution is 7.14. The van der Waals surface area contributed by atoms with Gasteiger partial charge in [-0.25, -0.2) is 0 Å². The summed E-state index contributed by atoms with van der Waals surface area (Å²) in [7, 11) is 4.35. The molecule has 1 fully saturated rings. The van der Waals surface area contributed by atoms with Crippen molar-refractivity contribution in [3.8, 4) is 0 Å². The van der Waals surface area contributed by atoms with Gasteiger partial charge in [0.1, 0.15) is 5.54 Å². The lowest BCUT2D eigenvalue weighted by atomic mass is 10.2. The summed E-state index contributed by atoms with van der Waals surface area (Å²) in [6, 6.07) is 0. The van der Waals surface area contributed by atoms with Crippen molar-refractivity contribution in [3.05, 3.63) is 0 Å². The van der Waals surface area contributed by atoms with E-state index in [9.17, 15) is 4.79 Å². The smallest absolute Gasteiger partial charge is 0.324 e. The van der Waals surface area contributed by atoms with Crippen LogP contribution in [0.2, 0.25) is 0 Å². The van der Waals surface area contributed by atoms with Crippen molar-refractivity contribution >= 4 is 24.8 Å². The monoisotopic (exact) mass is 195 g/mol. The maximum absolute atomic E-state index is 10.7. The lowest BCUT2D eigenvalue weighted by Gasteiger charge is -2.09. The highest BCUT2D eigenvalue weighted by Crippen LogP contribution is 2.44. The molecule has 0 aromatic rings. The number of hydrogen-bond acceptors (Lipinski definition) is 3. The topological polar surface area (TPSA) is 58.6 Å². The van der Waals surface area contributed by atoms with Crippen LogP contribution in [-0.4, -0.2) is 23.2 Å². The Kier molecular flexibility index (Phi) is 2.82. The fourth-order valence-corrected chi connectivity index (χ4v) is 1.86. The molecular weight excluding hydrogens is 184 g/mol. The first-order valence-corrected chi connectivity index (χ1v) is 4.25. The third-order valence-corrected chi connectivity index (χ3v) is 2.75. The Morgan fingerprint density at radius 2 is 2.55 bits per heavy atom. The maximum Gasteiger partial charge on any atom is 0.324 e. The van der Waals surface area contributed by atoms with Gasteiger partial charge >= 0.3 is 5.97 Å². The first-order chi connectivity index (χ1) is 5.17. The number of carbonyl (C=O) groups is 1. The summed E-state index contributed by atoms with van der Waals surface area (Å²) in [6.45, 7) is 0.471. The zero-order chi connectivity index (χ0) is 8.48. The molecule has 2 unspecified atom stereocenters. The van der Waals surface area contributed by atoms with Gasteiger partial charge in [0.2, 0.25) is 0 Å². The fourth-order valence-electron chi connectivity index (χ4n) is 1.15. The SMILES string of the molecule is O=C(O)[C@]1(NP)C[C@@H]1COP. The van der Waals surface area contributed by atoms with E-state index < -0.39 is 11.5 Å². The van der Waals surface area contributed by atoms with E-state index in [0.717, 1.165) is 0 Å². The lowest BCUT2D eigenvalue weighted by Crippen LogP contribution is -2.35. The first-order valence-electron chi connectivity index (χ1n) is 3.20. The van der Waals surface area contributed by atoms with Crippen molar-refractivity contribution in [1.29, 1.82) is 0 Å². The van der Waals surface area contributed by atoms with Crippen molar-refractivity contribution < 1.29 is 14.4 Å². The van der Waals surface area contributed by atoms with E-state index >= 15 is 0 Å². The molecule has 1 rings (SSSR count). The Morgan fingerprint density at radius 3 is 2.82 bits per heavy atom. The van der Waals surface area contributed by atoms with Gasteiger partial charge in [-0.1, -0.05) is 9.39 Å². The van der Waals surface area contributed by atoms with Gasteiger partial charge in [0.25, 0.3) is 0 Å². The highest BCUT2D eigenvalue weighted by atomic mass is 31.0. The Morgan fingerprint density at radius 1 is 1.91 bits per heavy atom. The van der Waals surface area contributed by atoms with Crippen LogP contribution in [0.1, 0.15) is 6.42 Å². The van der Waals surface area contributed by atoms with Crippen molar-refractivity contribution in [2.75, 3.05) is 6.61 Å². The number of nitrogens with one attached hydrogen (secondary N) is 1. The maximum atomic E-state index is 10.7. The largest absolute Gasteiger partial charge is 0.480 e. The minimum Gasteiger partial charge on any atom is -0.480 e. The van der Waals surface area contributed by atoms with E-state index in [4.69, 9.17) is 9.63 Å². The van der Waals surface area contributed by atoms with Gasteiger partial charge in [-0.15, -0.1) is 0 Å². The zero-order valence-electron chi connectivity index (χ0n) is 5.91. The second-order valence-corrected chi connectivity index (χ2v) is 3.28. The summed E-state index contributed by atoms with van der Waals surface area (Å²) in [6.07, 6.45) is 0.639. The van der Waals surface area contributed by atoms with E-state index in [1.807, 2.05) is 0 Å². The number of carboxylic acids is 1. The van der Waals surface area contributed by atoms with Gasteiger partial charge in [0.15, 0.2) is 0 Å². The minimum atomic E-state index is -0.806. The van der Waals surface area contributed by atoms with Crippen molar-refractivity contribution in [2.45, 2.75) is 12.0 Å². The molecular formula is C5H11NO3P2. The van der Waals surface area contributed by atoms with Gasteiger partial charge in [-0.2, -0.15) is 0 Å².